The Morgan fingerprint density at radius 3 is 1.54 bits per heavy atom. The van der Waals surface area contributed by atoms with Gasteiger partial charge in [-0.05, 0) is 36.4 Å². The van der Waals surface area contributed by atoms with E-state index < -0.39 is 7.26 Å². The predicted molar refractivity (Wildman–Crippen MR) is 169 cm³/mol. The summed E-state index contributed by atoms with van der Waals surface area (Å²) in [4.78, 5) is 5.45. The first-order valence-corrected chi connectivity index (χ1v) is 14.8. The van der Waals surface area contributed by atoms with Gasteiger partial charge in [0.05, 0.1) is 0 Å². The van der Waals surface area contributed by atoms with Gasteiger partial charge in [0, 0.05) is 11.3 Å². The number of nitrogens with zero attached hydrogens (tertiary/aromatic N) is 1. The predicted octanol–water partition coefficient (Wildman–Crippen LogP) is 7.33. The summed E-state index contributed by atoms with van der Waals surface area (Å²) in [7, 11) is -2.24. The molecule has 1 nitrogen and oxygen atoms in total. The van der Waals surface area contributed by atoms with E-state index in [1.165, 1.54) is 25.6 Å². The Hall–Kier alpha value is -2.24. The van der Waals surface area contributed by atoms with E-state index in [9.17, 15) is 0 Å². The minimum atomic E-state index is -2.24. The molecule has 0 saturated carbocycles. The fourth-order valence-electron chi connectivity index (χ4n) is 4.21. The molecular formula is C30H26INPS2+. The molecule has 0 aliphatic heterocycles. The molecule has 0 bridgehead atoms. The van der Waals surface area contributed by atoms with E-state index in [2.05, 4.69) is 128 Å². The van der Waals surface area contributed by atoms with Crippen molar-refractivity contribution >= 4 is 75.7 Å². The fraction of sp³-hybridized carbons (Fsp3) is 0.0333. The van der Waals surface area contributed by atoms with E-state index in [4.69, 9.17) is 4.98 Å². The molecule has 1 heterocycles. The minimum absolute atomic E-state index is 0. The van der Waals surface area contributed by atoms with Crippen molar-refractivity contribution < 1.29 is 0 Å². The molecule has 0 saturated heterocycles. The molecule has 35 heavy (non-hydrogen) atoms. The molecule has 0 radical (unpaired) electrons. The second kappa shape index (κ2) is 12.1. The molecule has 4 aromatic carbocycles. The summed E-state index contributed by atoms with van der Waals surface area (Å²) in [5.74, 6) is 0.849. The van der Waals surface area contributed by atoms with Crippen LogP contribution in [0.5, 0.6) is 0 Å². The summed E-state index contributed by atoms with van der Waals surface area (Å²) >= 11 is 3.63. The second-order valence-corrected chi connectivity index (χ2v) is 13.4. The van der Waals surface area contributed by atoms with Crippen LogP contribution in [0, 0.1) is 0 Å². The molecule has 0 fully saturated rings. The first kappa shape index (κ1) is 25.8. The Morgan fingerprint density at radius 2 is 1.11 bits per heavy atom. The van der Waals surface area contributed by atoms with Gasteiger partial charge >= 0.3 is 0 Å². The number of hydrogen-bond acceptors (Lipinski definition) is 3. The summed E-state index contributed by atoms with van der Waals surface area (Å²) < 4.78 is 1.27. The standard InChI is InChI=1S/C30H25NPS2.HI/c1-2-23-33-30-28(31-29(34-30)24-15-7-3-8-16-24)32(25-17-9-4-10-18-25,26-19-11-5-12-20-26)27-21-13-6-14-22-27;/h2-22H,1,23H2;1H/q+1;. The molecule has 1 aromatic heterocycles. The summed E-state index contributed by atoms with van der Waals surface area (Å²) in [5.41, 5.74) is 2.35. The molecule has 0 amide bonds. The molecule has 5 aromatic rings. The SMILES string of the molecule is C=CCSc1sc(-c2ccccc2)nc1[P+](c1ccccc1)(c1ccccc1)c1ccccc1.I. The van der Waals surface area contributed by atoms with Crippen molar-refractivity contribution in [2.45, 2.75) is 4.21 Å². The van der Waals surface area contributed by atoms with Gasteiger partial charge in [-0.25, -0.2) is 0 Å². The summed E-state index contributed by atoms with van der Waals surface area (Å²) in [6.07, 6.45) is 1.98. The third-order valence-corrected chi connectivity index (χ3v) is 12.5. The molecule has 0 aliphatic rings. The number of benzene rings is 4. The Kier molecular flexibility index (Phi) is 8.96. The Bertz CT molecular complexity index is 1260. The van der Waals surface area contributed by atoms with Crippen LogP contribution < -0.4 is 21.3 Å². The summed E-state index contributed by atoms with van der Waals surface area (Å²) in [6, 6.07) is 43.4. The lowest BCUT2D eigenvalue weighted by Crippen LogP contribution is -2.39. The topological polar surface area (TPSA) is 12.9 Å². The normalized spacial score (nSPS) is 11.0. The van der Waals surface area contributed by atoms with Crippen LogP contribution in [0.2, 0.25) is 0 Å². The highest BCUT2D eigenvalue weighted by Crippen LogP contribution is 2.56. The van der Waals surface area contributed by atoms with E-state index in [0.29, 0.717) is 0 Å². The molecule has 0 unspecified atom stereocenters. The lowest BCUT2D eigenvalue weighted by atomic mass is 10.2. The van der Waals surface area contributed by atoms with Crippen LogP contribution >= 0.6 is 54.3 Å². The van der Waals surface area contributed by atoms with E-state index in [1.807, 2.05) is 17.8 Å². The summed E-state index contributed by atoms with van der Waals surface area (Å²) in [5, 5.41) is 5.02. The van der Waals surface area contributed by atoms with Gasteiger partial charge in [0.25, 0.3) is 0 Å². The van der Waals surface area contributed by atoms with Gasteiger partial charge in [-0.2, -0.15) is 4.98 Å². The van der Waals surface area contributed by atoms with Crippen molar-refractivity contribution in [1.82, 2.24) is 4.98 Å². The van der Waals surface area contributed by atoms with Gasteiger partial charge in [-0.1, -0.05) is 91.0 Å². The highest BCUT2D eigenvalue weighted by Gasteiger charge is 2.52. The molecule has 0 spiro atoms. The number of rotatable bonds is 8. The zero-order chi connectivity index (χ0) is 23.2. The maximum Gasteiger partial charge on any atom is 0.223 e. The molecule has 0 N–H and O–H groups in total. The number of halogens is 1. The van der Waals surface area contributed by atoms with Crippen LogP contribution in [0.4, 0.5) is 0 Å². The Labute approximate surface area is 233 Å². The van der Waals surface area contributed by atoms with E-state index >= 15 is 0 Å². The first-order chi connectivity index (χ1) is 16.8. The van der Waals surface area contributed by atoms with Crippen molar-refractivity contribution in [3.05, 3.63) is 134 Å². The van der Waals surface area contributed by atoms with Crippen LogP contribution in [0.1, 0.15) is 0 Å². The van der Waals surface area contributed by atoms with Gasteiger partial charge in [0.15, 0.2) is 7.26 Å². The maximum absolute atomic E-state index is 5.45. The van der Waals surface area contributed by atoms with E-state index in [-0.39, 0.29) is 24.0 Å². The van der Waals surface area contributed by atoms with Crippen molar-refractivity contribution in [3.8, 4) is 10.6 Å². The molecule has 0 aliphatic carbocycles. The molecule has 0 atom stereocenters. The van der Waals surface area contributed by atoms with Crippen LogP contribution in [-0.2, 0) is 0 Å². The van der Waals surface area contributed by atoms with Gasteiger partial charge in [-0.3, -0.25) is 0 Å². The van der Waals surface area contributed by atoms with Crippen molar-refractivity contribution in [3.63, 3.8) is 0 Å². The van der Waals surface area contributed by atoms with Gasteiger partial charge in [-0.15, -0.1) is 53.7 Å². The van der Waals surface area contributed by atoms with E-state index in [0.717, 1.165) is 16.3 Å². The van der Waals surface area contributed by atoms with Gasteiger partial charge in [0.1, 0.15) is 25.1 Å². The number of thioether (sulfide) groups is 1. The lowest BCUT2D eigenvalue weighted by Gasteiger charge is -2.26. The second-order valence-electron chi connectivity index (χ2n) is 7.77. The molecule has 5 heteroatoms. The molecule has 5 rings (SSSR count). The average molecular weight is 623 g/mol. The zero-order valence-corrected chi connectivity index (χ0v) is 24.0. The van der Waals surface area contributed by atoms with Gasteiger partial charge < -0.3 is 0 Å². The van der Waals surface area contributed by atoms with Crippen LogP contribution in [0.25, 0.3) is 10.6 Å². The monoisotopic (exact) mass is 622 g/mol. The minimum Gasteiger partial charge on any atom is -0.200 e. The lowest BCUT2D eigenvalue weighted by molar-refractivity contribution is 1.44. The summed E-state index contributed by atoms with van der Waals surface area (Å²) in [6.45, 7) is 3.98. The third kappa shape index (κ3) is 5.17. The third-order valence-electron chi connectivity index (χ3n) is 5.68. The molecular weight excluding hydrogens is 596 g/mol. The highest BCUT2D eigenvalue weighted by molar-refractivity contribution is 14.0. The van der Waals surface area contributed by atoms with Crippen molar-refractivity contribution in [1.29, 1.82) is 0 Å². The number of hydrogen-bond donors (Lipinski definition) is 0. The van der Waals surface area contributed by atoms with E-state index in [1.54, 1.807) is 11.3 Å². The highest BCUT2D eigenvalue weighted by atomic mass is 127. The van der Waals surface area contributed by atoms with Crippen molar-refractivity contribution in [2.75, 3.05) is 5.75 Å². The number of aromatic nitrogens is 1. The fourth-order valence-corrected chi connectivity index (χ4v) is 11.3. The average Bonchev–Trinajstić information content (AvgIpc) is 3.35. The largest absolute Gasteiger partial charge is 0.223 e. The van der Waals surface area contributed by atoms with Crippen LogP contribution in [0.15, 0.2) is 138 Å². The van der Waals surface area contributed by atoms with Crippen LogP contribution in [0.3, 0.4) is 0 Å². The first-order valence-electron chi connectivity index (χ1n) is 11.2. The molecule has 174 valence electrons. The smallest absolute Gasteiger partial charge is 0.200 e. The Balaban J connectivity index is 0.00000289. The van der Waals surface area contributed by atoms with Crippen LogP contribution in [-0.4, -0.2) is 10.7 Å². The number of thiazole rings is 1. The quantitative estimate of drug-likeness (QED) is 0.0779. The van der Waals surface area contributed by atoms with Gasteiger partial charge in [0.2, 0.25) is 5.44 Å². The maximum atomic E-state index is 5.45. The zero-order valence-electron chi connectivity index (χ0n) is 19.2. The van der Waals surface area contributed by atoms with Crippen molar-refractivity contribution in [2.24, 2.45) is 0 Å². The Morgan fingerprint density at radius 1 is 0.686 bits per heavy atom.